The average molecular weight is 617 g/mol. The number of nitrogens with zero attached hydrogens (tertiary/aromatic N) is 1. The van der Waals surface area contributed by atoms with Gasteiger partial charge in [0.25, 0.3) is 5.91 Å². The Morgan fingerprint density at radius 2 is 1.73 bits per heavy atom. The van der Waals surface area contributed by atoms with E-state index in [9.17, 15) is 14.4 Å². The second kappa shape index (κ2) is 15.3. The van der Waals surface area contributed by atoms with Crippen molar-refractivity contribution >= 4 is 17.7 Å². The minimum Gasteiger partial charge on any atom is -0.496 e. The number of hydrogen-bond donors (Lipinski definition) is 3. The van der Waals surface area contributed by atoms with Crippen LogP contribution < -0.4 is 34.9 Å². The summed E-state index contributed by atoms with van der Waals surface area (Å²) in [6.45, 7) is 1.74. The zero-order chi connectivity index (χ0) is 31.6. The molecule has 4 bridgehead atoms. The van der Waals surface area contributed by atoms with Crippen LogP contribution >= 0.6 is 0 Å². The summed E-state index contributed by atoms with van der Waals surface area (Å²) in [4.78, 5) is 40.5. The number of methoxy groups -OCH3 is 2. The fraction of sp³-hybridized carbons (Fsp3) is 0.382. The number of benzene rings is 3. The van der Waals surface area contributed by atoms with Crippen LogP contribution in [0.1, 0.15) is 29.5 Å². The Labute approximate surface area is 263 Å². The molecule has 3 aromatic carbocycles. The van der Waals surface area contributed by atoms with Gasteiger partial charge in [-0.3, -0.25) is 19.3 Å². The summed E-state index contributed by atoms with van der Waals surface area (Å²) in [6, 6.07) is 20.2. The molecule has 2 atom stereocenters. The van der Waals surface area contributed by atoms with Gasteiger partial charge in [0.1, 0.15) is 17.6 Å². The number of aryl methyl sites for hydroxylation is 1. The van der Waals surface area contributed by atoms with Crippen LogP contribution in [0.5, 0.6) is 23.0 Å². The zero-order valence-electron chi connectivity index (χ0n) is 25.7. The van der Waals surface area contributed by atoms with Crippen LogP contribution in [0.2, 0.25) is 0 Å². The molecular formula is C34H40N4O7. The third-order valence-corrected chi connectivity index (χ3v) is 7.94. The van der Waals surface area contributed by atoms with E-state index in [1.807, 2.05) is 65.6 Å². The SMILES string of the molecule is COc1ccccc1CNC(=O)CN1CC[C@H]2Oc3ccc(cc3)CNC(=O)CCc3ccc(c(OC)c3)OCC(=O)N[C@@H]2C1. The quantitative estimate of drug-likeness (QED) is 0.386. The number of likely N-dealkylation sites (tertiary alicyclic amines) is 1. The molecule has 1 saturated heterocycles. The Bertz CT molecular complexity index is 1480. The molecule has 238 valence electrons. The summed E-state index contributed by atoms with van der Waals surface area (Å²) < 4.78 is 23.1. The van der Waals surface area contributed by atoms with Gasteiger partial charge in [-0.05, 0) is 54.3 Å². The third kappa shape index (κ3) is 8.89. The van der Waals surface area contributed by atoms with Crippen molar-refractivity contribution in [3.63, 3.8) is 0 Å². The van der Waals surface area contributed by atoms with Crippen LogP contribution in [0, 0.1) is 0 Å². The lowest BCUT2D eigenvalue weighted by atomic mass is 10.0. The van der Waals surface area contributed by atoms with Crippen molar-refractivity contribution in [2.75, 3.05) is 40.5 Å². The first-order valence-electron chi connectivity index (χ1n) is 15.1. The van der Waals surface area contributed by atoms with Crippen LogP contribution in [0.4, 0.5) is 0 Å². The van der Waals surface area contributed by atoms with Gasteiger partial charge in [-0.15, -0.1) is 0 Å². The molecule has 8 rings (SSSR count). The highest BCUT2D eigenvalue weighted by molar-refractivity contribution is 5.79. The van der Waals surface area contributed by atoms with Gasteiger partial charge in [-0.1, -0.05) is 36.4 Å². The van der Waals surface area contributed by atoms with Crippen LogP contribution in [0.25, 0.3) is 0 Å². The van der Waals surface area contributed by atoms with Gasteiger partial charge in [0.2, 0.25) is 11.8 Å². The molecule has 3 aromatic rings. The van der Waals surface area contributed by atoms with E-state index < -0.39 is 6.04 Å². The van der Waals surface area contributed by atoms with Gasteiger partial charge >= 0.3 is 0 Å². The highest BCUT2D eigenvalue weighted by Crippen LogP contribution is 2.29. The molecular weight excluding hydrogens is 576 g/mol. The summed E-state index contributed by atoms with van der Waals surface area (Å²) >= 11 is 0. The number of carbonyl (C=O) groups is 3. The topological polar surface area (TPSA) is 127 Å². The van der Waals surface area contributed by atoms with Gasteiger partial charge in [-0.2, -0.15) is 0 Å². The highest BCUT2D eigenvalue weighted by atomic mass is 16.5. The fourth-order valence-electron chi connectivity index (χ4n) is 5.51. The first-order valence-corrected chi connectivity index (χ1v) is 15.1. The van der Waals surface area contributed by atoms with Gasteiger partial charge in [0.15, 0.2) is 18.1 Å². The molecule has 11 heteroatoms. The maximum atomic E-state index is 13.1. The molecule has 45 heavy (non-hydrogen) atoms. The number of nitrogens with one attached hydrogen (secondary N) is 3. The number of ether oxygens (including phenoxy) is 4. The second-order valence-electron chi connectivity index (χ2n) is 11.1. The van der Waals surface area contributed by atoms with Crippen molar-refractivity contribution in [3.8, 4) is 23.0 Å². The van der Waals surface area contributed by atoms with Crippen LogP contribution in [0.3, 0.4) is 0 Å². The van der Waals surface area contributed by atoms with E-state index in [0.29, 0.717) is 62.7 Å². The third-order valence-electron chi connectivity index (χ3n) is 7.94. The molecule has 0 aliphatic carbocycles. The van der Waals surface area contributed by atoms with E-state index in [0.717, 1.165) is 22.4 Å². The summed E-state index contributed by atoms with van der Waals surface area (Å²) in [5.41, 5.74) is 2.77. The number of piperidine rings is 1. The molecule has 0 saturated carbocycles. The molecule has 5 aliphatic heterocycles. The largest absolute Gasteiger partial charge is 0.496 e. The van der Waals surface area contributed by atoms with Crippen LogP contribution in [-0.4, -0.2) is 75.2 Å². The first-order chi connectivity index (χ1) is 21.9. The lowest BCUT2D eigenvalue weighted by Crippen LogP contribution is -2.58. The van der Waals surface area contributed by atoms with Gasteiger partial charge < -0.3 is 34.9 Å². The van der Waals surface area contributed by atoms with Gasteiger partial charge in [-0.25, -0.2) is 0 Å². The first kappa shape index (κ1) is 31.6. The Balaban J connectivity index is 1.28. The van der Waals surface area contributed by atoms with Crippen LogP contribution in [0.15, 0.2) is 66.7 Å². The van der Waals surface area contributed by atoms with E-state index in [2.05, 4.69) is 16.0 Å². The molecule has 3 N–H and O–H groups in total. The van der Waals surface area contributed by atoms with Crippen molar-refractivity contribution in [2.45, 2.75) is 44.5 Å². The number of para-hydroxylation sites is 1. The van der Waals surface area contributed by atoms with E-state index in [1.165, 1.54) is 7.11 Å². The fourth-order valence-corrected chi connectivity index (χ4v) is 5.51. The zero-order valence-corrected chi connectivity index (χ0v) is 25.7. The van der Waals surface area contributed by atoms with Gasteiger partial charge in [0.05, 0.1) is 26.8 Å². The average Bonchev–Trinajstić information content (AvgIpc) is 3.06. The standard InChI is InChI=1S/C34H40N4O7/c1-42-28-6-4-3-5-25(28)19-36-33(40)21-38-16-15-29-27(20-38)37-34(41)22-44-30-13-9-23(17-31(30)43-2)10-14-32(39)35-18-24-7-11-26(45-29)12-8-24/h3-9,11-13,17,27,29H,10,14-16,18-22H2,1-2H3,(H,35,39)(H,36,40)(H,37,41)/t27-,29-/m1/s1. The van der Waals surface area contributed by atoms with Crippen LogP contribution in [-0.2, 0) is 33.9 Å². The predicted octanol–water partition coefficient (Wildman–Crippen LogP) is 2.60. The summed E-state index contributed by atoms with van der Waals surface area (Å²) in [7, 11) is 3.14. The monoisotopic (exact) mass is 616 g/mol. The Morgan fingerprint density at radius 3 is 2.53 bits per heavy atom. The van der Waals surface area contributed by atoms with Gasteiger partial charge in [0, 0.05) is 38.2 Å². The molecule has 11 nitrogen and oxygen atoms in total. The summed E-state index contributed by atoms with van der Waals surface area (Å²) in [5, 5.41) is 9.01. The van der Waals surface area contributed by atoms with Crippen molar-refractivity contribution in [1.82, 2.24) is 20.9 Å². The van der Waals surface area contributed by atoms with E-state index in [-0.39, 0.29) is 37.0 Å². The Morgan fingerprint density at radius 1 is 0.956 bits per heavy atom. The Kier molecular flexibility index (Phi) is 10.8. The van der Waals surface area contributed by atoms with E-state index in [1.54, 1.807) is 13.2 Å². The number of carbonyl (C=O) groups excluding carboxylic acids is 3. The maximum absolute atomic E-state index is 13.1. The second-order valence-corrected chi connectivity index (χ2v) is 11.1. The molecule has 0 aromatic heterocycles. The number of amides is 3. The number of hydrogen-bond acceptors (Lipinski definition) is 8. The predicted molar refractivity (Wildman–Crippen MR) is 167 cm³/mol. The van der Waals surface area contributed by atoms with Crippen molar-refractivity contribution < 1.29 is 33.3 Å². The molecule has 0 spiro atoms. The lowest BCUT2D eigenvalue weighted by Gasteiger charge is -2.38. The minimum absolute atomic E-state index is 0.0521. The minimum atomic E-state index is -0.398. The van der Waals surface area contributed by atoms with E-state index >= 15 is 0 Å². The summed E-state index contributed by atoms with van der Waals surface area (Å²) in [6.07, 6.45) is 1.13. The highest BCUT2D eigenvalue weighted by Gasteiger charge is 2.33. The lowest BCUT2D eigenvalue weighted by molar-refractivity contribution is -0.126. The maximum Gasteiger partial charge on any atom is 0.258 e. The Hall–Kier alpha value is -4.77. The molecule has 0 radical (unpaired) electrons. The molecule has 5 aliphatic rings. The molecule has 0 unspecified atom stereocenters. The molecule has 3 amide bonds. The van der Waals surface area contributed by atoms with Crippen molar-refractivity contribution in [3.05, 3.63) is 83.4 Å². The molecule has 5 heterocycles. The molecule has 1 fully saturated rings. The van der Waals surface area contributed by atoms with E-state index in [4.69, 9.17) is 18.9 Å². The van der Waals surface area contributed by atoms with Crippen molar-refractivity contribution in [2.24, 2.45) is 0 Å². The van der Waals surface area contributed by atoms with Crippen molar-refractivity contribution in [1.29, 1.82) is 0 Å². The summed E-state index contributed by atoms with van der Waals surface area (Å²) in [5.74, 6) is 1.80. The smallest absolute Gasteiger partial charge is 0.258 e. The number of rotatable bonds is 6. The normalized spacial score (nSPS) is 19.2.